The van der Waals surface area contributed by atoms with Crippen LogP contribution in [0.5, 0.6) is 0 Å². The van der Waals surface area contributed by atoms with E-state index in [0.29, 0.717) is 17.1 Å². The van der Waals surface area contributed by atoms with Crippen LogP contribution in [0.1, 0.15) is 16.2 Å². The van der Waals surface area contributed by atoms with Crippen LogP contribution in [-0.2, 0) is 0 Å². The molecule has 3 aromatic rings. The molecule has 3 rings (SSSR count). The highest BCUT2D eigenvalue weighted by Crippen LogP contribution is 2.20. The van der Waals surface area contributed by atoms with Gasteiger partial charge in [-0.25, -0.2) is 0 Å². The number of carbonyl (C=O) groups excluding carboxylic acids is 1. The number of rotatable bonds is 2. The van der Waals surface area contributed by atoms with Crippen molar-refractivity contribution >= 4 is 28.1 Å². The van der Waals surface area contributed by atoms with Gasteiger partial charge in [0.15, 0.2) is 5.69 Å². The minimum Gasteiger partial charge on any atom is -0.395 e. The molecule has 5 heteroatoms. The fourth-order valence-corrected chi connectivity index (χ4v) is 2.07. The van der Waals surface area contributed by atoms with Gasteiger partial charge in [0.1, 0.15) is 0 Å². The van der Waals surface area contributed by atoms with E-state index < -0.39 is 0 Å². The quantitative estimate of drug-likeness (QED) is 0.666. The molecule has 1 aromatic heterocycles. The number of amides is 1. The number of aromatic nitrogens is 2. The number of benzene rings is 2. The smallest absolute Gasteiger partial charge is 0.278 e. The van der Waals surface area contributed by atoms with Crippen LogP contribution in [0.3, 0.4) is 0 Å². The topological polar surface area (TPSA) is 83.8 Å². The first-order valence-electron chi connectivity index (χ1n) is 6.26. The number of nitrogens with two attached hydrogens (primary N) is 1. The zero-order chi connectivity index (χ0) is 14.1. The summed E-state index contributed by atoms with van der Waals surface area (Å²) in [5.74, 6) is -0.317. The van der Waals surface area contributed by atoms with E-state index in [1.807, 2.05) is 42.5 Å². The summed E-state index contributed by atoms with van der Waals surface area (Å²) in [6, 6.07) is 13.7. The van der Waals surface area contributed by atoms with Crippen molar-refractivity contribution < 1.29 is 4.79 Å². The Labute approximate surface area is 115 Å². The van der Waals surface area contributed by atoms with Crippen LogP contribution in [0.4, 0.5) is 11.4 Å². The van der Waals surface area contributed by atoms with Crippen LogP contribution in [0.25, 0.3) is 10.8 Å². The first kappa shape index (κ1) is 12.2. The molecule has 5 nitrogen and oxygen atoms in total. The van der Waals surface area contributed by atoms with Gasteiger partial charge in [0, 0.05) is 5.69 Å². The number of carbonyl (C=O) groups is 1. The molecule has 0 fully saturated rings. The summed E-state index contributed by atoms with van der Waals surface area (Å²) in [4.78, 5) is 12.1. The summed E-state index contributed by atoms with van der Waals surface area (Å²) in [7, 11) is 0. The molecular weight excluding hydrogens is 252 g/mol. The van der Waals surface area contributed by atoms with Gasteiger partial charge >= 0.3 is 0 Å². The summed E-state index contributed by atoms with van der Waals surface area (Å²) < 4.78 is 0. The van der Waals surface area contributed by atoms with Crippen LogP contribution < -0.4 is 11.1 Å². The first-order chi connectivity index (χ1) is 9.65. The number of nitrogens with zero attached hydrogens (tertiary/aromatic N) is 1. The van der Waals surface area contributed by atoms with Gasteiger partial charge in [-0.05, 0) is 29.8 Å². The maximum absolute atomic E-state index is 12.1. The lowest BCUT2D eigenvalue weighted by molar-refractivity contribution is 0.102. The van der Waals surface area contributed by atoms with Gasteiger partial charge in [0.2, 0.25) is 0 Å². The molecule has 0 unspecified atom stereocenters. The van der Waals surface area contributed by atoms with Crippen molar-refractivity contribution in [3.8, 4) is 0 Å². The molecule has 0 aliphatic heterocycles. The second kappa shape index (κ2) is 4.70. The van der Waals surface area contributed by atoms with Gasteiger partial charge in [-0.15, -0.1) is 0 Å². The third kappa shape index (κ3) is 2.09. The van der Waals surface area contributed by atoms with Crippen molar-refractivity contribution in [2.45, 2.75) is 6.92 Å². The van der Waals surface area contributed by atoms with Crippen molar-refractivity contribution in [1.82, 2.24) is 10.2 Å². The average molecular weight is 266 g/mol. The number of fused-ring (bicyclic) bond motifs is 1. The summed E-state index contributed by atoms with van der Waals surface area (Å²) >= 11 is 0. The van der Waals surface area contributed by atoms with Crippen LogP contribution >= 0.6 is 0 Å². The minimum atomic E-state index is -0.317. The predicted molar refractivity (Wildman–Crippen MR) is 79.6 cm³/mol. The Morgan fingerprint density at radius 2 is 1.95 bits per heavy atom. The Balaban J connectivity index is 1.89. The Morgan fingerprint density at radius 3 is 2.65 bits per heavy atom. The average Bonchev–Trinajstić information content (AvgIpc) is 2.79. The summed E-state index contributed by atoms with van der Waals surface area (Å²) in [6.07, 6.45) is 0. The number of hydrogen-bond acceptors (Lipinski definition) is 3. The molecular formula is C15H14N4O. The number of hydrogen-bond donors (Lipinski definition) is 3. The highest BCUT2D eigenvalue weighted by atomic mass is 16.2. The number of anilines is 2. The Morgan fingerprint density at radius 1 is 1.20 bits per heavy atom. The molecule has 0 saturated carbocycles. The molecule has 0 aliphatic carbocycles. The summed E-state index contributed by atoms with van der Waals surface area (Å²) in [6.45, 7) is 1.77. The number of nitrogens with one attached hydrogen (secondary N) is 2. The molecule has 0 saturated heterocycles. The molecule has 0 atom stereocenters. The fraction of sp³-hybridized carbons (Fsp3) is 0.0667. The van der Waals surface area contributed by atoms with Gasteiger partial charge in [-0.1, -0.05) is 30.3 Å². The second-order valence-corrected chi connectivity index (χ2v) is 4.63. The Hall–Kier alpha value is -2.82. The van der Waals surface area contributed by atoms with E-state index in [1.165, 1.54) is 0 Å². The monoisotopic (exact) mass is 266 g/mol. The van der Waals surface area contributed by atoms with E-state index in [2.05, 4.69) is 15.5 Å². The lowest BCUT2D eigenvalue weighted by Crippen LogP contribution is -2.14. The van der Waals surface area contributed by atoms with E-state index >= 15 is 0 Å². The maximum Gasteiger partial charge on any atom is 0.278 e. The predicted octanol–water partition coefficient (Wildman–Crippen LogP) is 2.71. The van der Waals surface area contributed by atoms with Crippen LogP contribution in [0.15, 0.2) is 42.5 Å². The fourth-order valence-electron chi connectivity index (χ4n) is 2.07. The van der Waals surface area contributed by atoms with Crippen molar-refractivity contribution in [3.05, 3.63) is 53.9 Å². The van der Waals surface area contributed by atoms with Crippen LogP contribution in [-0.4, -0.2) is 16.1 Å². The molecule has 4 N–H and O–H groups in total. The van der Waals surface area contributed by atoms with E-state index in [1.54, 1.807) is 6.92 Å². The normalized spacial score (nSPS) is 10.7. The third-order valence-electron chi connectivity index (χ3n) is 3.22. The molecule has 1 heterocycles. The zero-order valence-electron chi connectivity index (χ0n) is 11.0. The molecule has 2 aromatic carbocycles. The molecule has 1 amide bonds. The molecule has 0 spiro atoms. The van der Waals surface area contributed by atoms with E-state index in [0.717, 1.165) is 10.8 Å². The number of aryl methyl sites for hydroxylation is 1. The zero-order valence-corrected chi connectivity index (χ0v) is 11.0. The lowest BCUT2D eigenvalue weighted by atomic mass is 10.1. The van der Waals surface area contributed by atoms with Crippen molar-refractivity contribution in [2.24, 2.45) is 0 Å². The van der Waals surface area contributed by atoms with Gasteiger partial charge in [0.25, 0.3) is 5.91 Å². The van der Waals surface area contributed by atoms with E-state index in [9.17, 15) is 4.79 Å². The Bertz CT molecular complexity index is 791. The van der Waals surface area contributed by atoms with E-state index in [-0.39, 0.29) is 11.6 Å². The van der Waals surface area contributed by atoms with Crippen LogP contribution in [0, 0.1) is 6.92 Å². The maximum atomic E-state index is 12.1. The third-order valence-corrected chi connectivity index (χ3v) is 3.22. The lowest BCUT2D eigenvalue weighted by Gasteiger charge is -2.05. The highest BCUT2D eigenvalue weighted by Gasteiger charge is 2.15. The van der Waals surface area contributed by atoms with Gasteiger partial charge in [-0.3, -0.25) is 9.89 Å². The first-order valence-corrected chi connectivity index (χ1v) is 6.26. The minimum absolute atomic E-state index is 0.218. The van der Waals surface area contributed by atoms with Gasteiger partial charge in [0.05, 0.1) is 11.4 Å². The molecule has 20 heavy (non-hydrogen) atoms. The highest BCUT2D eigenvalue weighted by molar-refractivity contribution is 6.07. The number of H-pyrrole nitrogens is 1. The van der Waals surface area contributed by atoms with Crippen LogP contribution in [0.2, 0.25) is 0 Å². The van der Waals surface area contributed by atoms with Crippen molar-refractivity contribution in [1.29, 1.82) is 0 Å². The van der Waals surface area contributed by atoms with E-state index in [4.69, 9.17) is 5.73 Å². The molecule has 0 radical (unpaired) electrons. The SMILES string of the molecule is Cc1[nH]nc(C(=O)Nc2ccc3ccccc3c2)c1N. The summed E-state index contributed by atoms with van der Waals surface area (Å²) in [5, 5.41) is 11.6. The van der Waals surface area contributed by atoms with Gasteiger partial charge in [-0.2, -0.15) is 5.10 Å². The standard InChI is InChI=1S/C15H14N4O/c1-9-13(16)14(19-18-9)15(20)17-12-7-6-10-4-2-3-5-11(10)8-12/h2-8H,16H2,1H3,(H,17,20)(H,18,19). The second-order valence-electron chi connectivity index (χ2n) is 4.63. The molecule has 0 aliphatic rings. The summed E-state index contributed by atoms with van der Waals surface area (Å²) in [5.41, 5.74) is 7.79. The van der Waals surface area contributed by atoms with Gasteiger partial charge < -0.3 is 11.1 Å². The largest absolute Gasteiger partial charge is 0.395 e. The van der Waals surface area contributed by atoms with Crippen molar-refractivity contribution in [2.75, 3.05) is 11.1 Å². The number of nitrogen functional groups attached to an aromatic ring is 1. The Kier molecular flexibility index (Phi) is 2.87. The number of aromatic amines is 1. The van der Waals surface area contributed by atoms with Crippen molar-refractivity contribution in [3.63, 3.8) is 0 Å². The molecule has 100 valence electrons. The molecule has 0 bridgehead atoms.